The van der Waals surface area contributed by atoms with Crippen molar-refractivity contribution in [2.75, 3.05) is 37.5 Å². The molecule has 0 spiro atoms. The van der Waals surface area contributed by atoms with Crippen molar-refractivity contribution < 1.29 is 9.53 Å². The molecule has 3 rings (SSSR count). The average Bonchev–Trinajstić information content (AvgIpc) is 3.08. The Morgan fingerprint density at radius 3 is 2.76 bits per heavy atom. The van der Waals surface area contributed by atoms with Crippen molar-refractivity contribution >= 4 is 17.7 Å². The van der Waals surface area contributed by atoms with Crippen LogP contribution in [0, 0.1) is 6.92 Å². The lowest BCUT2D eigenvalue weighted by Gasteiger charge is -2.31. The van der Waals surface area contributed by atoms with Gasteiger partial charge in [0.05, 0.1) is 6.54 Å². The van der Waals surface area contributed by atoms with Crippen LogP contribution in [0.5, 0.6) is 0 Å². The number of carbonyl (C=O) groups excluding carboxylic acids is 1. The summed E-state index contributed by atoms with van der Waals surface area (Å²) in [5.41, 5.74) is 0.103. The highest BCUT2D eigenvalue weighted by atomic mass is 16.5. The summed E-state index contributed by atoms with van der Waals surface area (Å²) < 4.78 is 5.73. The number of aryl methyl sites for hydroxylation is 1. The van der Waals surface area contributed by atoms with Gasteiger partial charge >= 0.3 is 0 Å². The molecule has 1 saturated heterocycles. The number of hydrogen-bond donors (Lipinski definition) is 2. The number of nitrogens with zero attached hydrogens (tertiary/aromatic N) is 3. The molecule has 2 N–H and O–H groups in total. The molecule has 0 unspecified atom stereocenters. The monoisotopic (exact) mass is 347 g/mol. The highest BCUT2D eigenvalue weighted by molar-refractivity contribution is 5.87. The average molecular weight is 347 g/mol. The van der Waals surface area contributed by atoms with E-state index in [0.717, 1.165) is 30.9 Å². The van der Waals surface area contributed by atoms with Crippen LogP contribution >= 0.6 is 0 Å². The maximum absolute atomic E-state index is 12.9. The van der Waals surface area contributed by atoms with E-state index in [2.05, 4.69) is 25.5 Å². The molecule has 0 bridgehead atoms. The molecule has 1 aromatic heterocycles. The second kappa shape index (κ2) is 7.56. The Bertz CT molecular complexity index is 617. The lowest BCUT2D eigenvalue weighted by Crippen LogP contribution is -2.53. The highest BCUT2D eigenvalue weighted by Gasteiger charge is 2.46. The zero-order chi connectivity index (χ0) is 17.9. The minimum atomic E-state index is -0.796. The van der Waals surface area contributed by atoms with Gasteiger partial charge in [-0.2, -0.15) is 4.98 Å². The van der Waals surface area contributed by atoms with Crippen LogP contribution in [0.2, 0.25) is 0 Å². The minimum absolute atomic E-state index is 0.0176. The van der Waals surface area contributed by atoms with E-state index in [9.17, 15) is 4.79 Å². The Labute approximate surface area is 149 Å². The molecule has 1 aliphatic heterocycles. The van der Waals surface area contributed by atoms with Gasteiger partial charge in [-0.15, -0.1) is 0 Å². The van der Waals surface area contributed by atoms with E-state index in [-0.39, 0.29) is 5.91 Å². The van der Waals surface area contributed by atoms with Gasteiger partial charge in [-0.1, -0.05) is 19.3 Å². The van der Waals surface area contributed by atoms with Gasteiger partial charge in [0, 0.05) is 44.9 Å². The Morgan fingerprint density at radius 1 is 1.32 bits per heavy atom. The molecule has 0 radical (unpaired) electrons. The van der Waals surface area contributed by atoms with Crippen molar-refractivity contribution in [2.45, 2.75) is 57.1 Å². The second-order valence-electron chi connectivity index (χ2n) is 7.12. The van der Waals surface area contributed by atoms with Crippen LogP contribution in [0.25, 0.3) is 0 Å². The van der Waals surface area contributed by atoms with Crippen LogP contribution in [0.15, 0.2) is 6.07 Å². The first-order chi connectivity index (χ1) is 12.1. The van der Waals surface area contributed by atoms with E-state index < -0.39 is 5.60 Å². The number of hydrogen-bond acceptors (Lipinski definition) is 6. The molecule has 2 aliphatic rings. The smallest absolute Gasteiger partial charge is 0.254 e. The van der Waals surface area contributed by atoms with Crippen molar-refractivity contribution in [2.24, 2.45) is 0 Å². The Hall–Kier alpha value is -1.89. The van der Waals surface area contributed by atoms with Crippen molar-refractivity contribution in [1.29, 1.82) is 0 Å². The third-order valence-electron chi connectivity index (χ3n) is 5.37. The molecule has 1 amide bonds. The van der Waals surface area contributed by atoms with E-state index in [4.69, 9.17) is 4.74 Å². The molecular formula is C18H29N5O2. The topological polar surface area (TPSA) is 79.4 Å². The summed E-state index contributed by atoms with van der Waals surface area (Å²) in [5, 5.41) is 6.21. The fourth-order valence-electron chi connectivity index (χ4n) is 3.81. The van der Waals surface area contributed by atoms with E-state index in [1.54, 1.807) is 14.2 Å². The zero-order valence-corrected chi connectivity index (χ0v) is 15.5. The van der Waals surface area contributed by atoms with Gasteiger partial charge in [0.1, 0.15) is 5.82 Å². The van der Waals surface area contributed by atoms with Crippen molar-refractivity contribution in [3.63, 3.8) is 0 Å². The summed E-state index contributed by atoms with van der Waals surface area (Å²) in [6.07, 6.45) is 6.49. The summed E-state index contributed by atoms with van der Waals surface area (Å²) in [7, 11) is 3.44. The first-order valence-electron chi connectivity index (χ1n) is 9.21. The molecule has 7 heteroatoms. The quantitative estimate of drug-likeness (QED) is 0.846. The van der Waals surface area contributed by atoms with Crippen LogP contribution in [0.3, 0.4) is 0 Å². The fourth-order valence-corrected chi connectivity index (χ4v) is 3.81. The molecular weight excluding hydrogens is 318 g/mol. The molecule has 138 valence electrons. The van der Waals surface area contributed by atoms with E-state index in [0.29, 0.717) is 25.0 Å². The summed E-state index contributed by atoms with van der Waals surface area (Å²) >= 11 is 0. The van der Waals surface area contributed by atoms with Gasteiger partial charge in [-0.05, 0) is 19.8 Å². The van der Waals surface area contributed by atoms with Crippen molar-refractivity contribution in [3.05, 3.63) is 11.8 Å². The fraction of sp³-hybridized carbons (Fsp3) is 0.722. The predicted octanol–water partition coefficient (Wildman–Crippen LogP) is 1.87. The third kappa shape index (κ3) is 3.86. The highest BCUT2D eigenvalue weighted by Crippen LogP contribution is 2.30. The molecule has 2 fully saturated rings. The number of aromatic nitrogens is 2. The maximum Gasteiger partial charge on any atom is 0.254 e. The minimum Gasteiger partial charge on any atom is -0.366 e. The molecule has 1 aliphatic carbocycles. The molecule has 0 aromatic carbocycles. The van der Waals surface area contributed by atoms with Crippen molar-refractivity contribution in [1.82, 2.24) is 15.3 Å². The predicted molar refractivity (Wildman–Crippen MR) is 97.9 cm³/mol. The number of carbonyl (C=O) groups is 1. The van der Waals surface area contributed by atoms with Crippen molar-refractivity contribution in [3.8, 4) is 0 Å². The van der Waals surface area contributed by atoms with E-state index in [1.807, 2.05) is 13.0 Å². The number of ether oxygens (including phenoxy) is 1. The van der Waals surface area contributed by atoms with E-state index >= 15 is 0 Å². The SMILES string of the molecule is CNc1nc(C)cc(N2CC[C@@](OC)(C(=O)NC3CCCCC3)C2)n1. The second-order valence-corrected chi connectivity index (χ2v) is 7.12. The summed E-state index contributed by atoms with van der Waals surface area (Å²) in [5.74, 6) is 1.45. The lowest BCUT2D eigenvalue weighted by molar-refractivity contribution is -0.142. The first kappa shape index (κ1) is 17.9. The number of anilines is 2. The number of nitrogens with one attached hydrogen (secondary N) is 2. The Balaban J connectivity index is 1.71. The van der Waals surface area contributed by atoms with E-state index in [1.165, 1.54) is 19.3 Å². The summed E-state index contributed by atoms with van der Waals surface area (Å²) in [6, 6.07) is 2.24. The molecule has 2 heterocycles. The molecule has 1 aromatic rings. The largest absolute Gasteiger partial charge is 0.366 e. The van der Waals surface area contributed by atoms with Gasteiger partial charge in [0.15, 0.2) is 5.60 Å². The molecule has 1 saturated carbocycles. The third-order valence-corrected chi connectivity index (χ3v) is 5.37. The van der Waals surface area contributed by atoms with Crippen LogP contribution in [0.1, 0.15) is 44.2 Å². The number of rotatable bonds is 5. The zero-order valence-electron chi connectivity index (χ0n) is 15.5. The van der Waals surface area contributed by atoms with Crippen LogP contribution < -0.4 is 15.5 Å². The van der Waals surface area contributed by atoms with Crippen LogP contribution in [0.4, 0.5) is 11.8 Å². The molecule has 1 atom stereocenters. The standard InChI is InChI=1S/C18H29N5O2/c1-13-11-15(22-17(19-2)20-13)23-10-9-18(12-23,25-3)16(24)21-14-7-5-4-6-8-14/h11,14H,4-10,12H2,1-3H3,(H,21,24)(H,19,20,22)/t18-/m0/s1. The summed E-state index contributed by atoms with van der Waals surface area (Å²) in [4.78, 5) is 23.9. The Morgan fingerprint density at radius 2 is 2.08 bits per heavy atom. The van der Waals surface area contributed by atoms with Gasteiger partial charge in [0.25, 0.3) is 5.91 Å². The molecule has 25 heavy (non-hydrogen) atoms. The lowest BCUT2D eigenvalue weighted by atomic mass is 9.94. The summed E-state index contributed by atoms with van der Waals surface area (Å²) in [6.45, 7) is 3.20. The van der Waals surface area contributed by atoms with Crippen LogP contribution in [-0.2, 0) is 9.53 Å². The number of methoxy groups -OCH3 is 1. The first-order valence-corrected chi connectivity index (χ1v) is 9.21. The van der Waals surface area contributed by atoms with Gasteiger partial charge < -0.3 is 20.3 Å². The van der Waals surface area contributed by atoms with Crippen LogP contribution in [-0.4, -0.2) is 54.8 Å². The normalized spacial score (nSPS) is 24.4. The number of amides is 1. The van der Waals surface area contributed by atoms with Gasteiger partial charge in [-0.3, -0.25) is 4.79 Å². The van der Waals surface area contributed by atoms with Gasteiger partial charge in [-0.25, -0.2) is 4.98 Å². The maximum atomic E-state index is 12.9. The molecule has 7 nitrogen and oxygen atoms in total. The van der Waals surface area contributed by atoms with Gasteiger partial charge in [0.2, 0.25) is 5.95 Å². The Kier molecular flexibility index (Phi) is 5.42.